The Bertz CT molecular complexity index is 543. The summed E-state index contributed by atoms with van der Waals surface area (Å²) in [7, 11) is 1.68. The minimum Gasteiger partial charge on any atom is -0.497 e. The summed E-state index contributed by atoms with van der Waals surface area (Å²) in [6.45, 7) is 5.16. The Balaban J connectivity index is 2.36. The van der Waals surface area contributed by atoms with E-state index in [1.54, 1.807) is 19.5 Å². The minimum absolute atomic E-state index is 0.0158. The van der Waals surface area contributed by atoms with E-state index in [1.165, 1.54) is 11.1 Å². The second-order valence-corrected chi connectivity index (χ2v) is 4.72. The van der Waals surface area contributed by atoms with Crippen molar-refractivity contribution in [1.82, 2.24) is 15.3 Å². The van der Waals surface area contributed by atoms with Gasteiger partial charge in [-0.15, -0.1) is 0 Å². The van der Waals surface area contributed by atoms with Gasteiger partial charge in [0, 0.05) is 12.4 Å². The number of aromatic nitrogens is 2. The van der Waals surface area contributed by atoms with E-state index in [2.05, 4.69) is 35.2 Å². The third-order valence-corrected chi connectivity index (χ3v) is 3.23. The molecule has 0 fully saturated rings. The summed E-state index contributed by atoms with van der Waals surface area (Å²) in [6, 6.07) is 7.95. The normalized spacial score (nSPS) is 12.2. The Morgan fingerprint density at radius 3 is 2.60 bits per heavy atom. The van der Waals surface area contributed by atoms with Crippen molar-refractivity contribution < 1.29 is 4.74 Å². The molecule has 0 amide bonds. The number of benzene rings is 1. The van der Waals surface area contributed by atoms with E-state index in [4.69, 9.17) is 4.74 Å². The minimum atomic E-state index is 0.0158. The van der Waals surface area contributed by atoms with E-state index in [-0.39, 0.29) is 6.04 Å². The quantitative estimate of drug-likeness (QED) is 0.877. The molecular weight excluding hydrogens is 250 g/mol. The molecule has 1 unspecified atom stereocenters. The van der Waals surface area contributed by atoms with E-state index >= 15 is 0 Å². The summed E-state index contributed by atoms with van der Waals surface area (Å²) < 4.78 is 5.26. The average Bonchev–Trinajstić information content (AvgIpc) is 2.50. The van der Waals surface area contributed by atoms with Crippen molar-refractivity contribution in [3.63, 3.8) is 0 Å². The van der Waals surface area contributed by atoms with Crippen molar-refractivity contribution in [2.24, 2.45) is 0 Å². The maximum absolute atomic E-state index is 5.26. The Kier molecular flexibility index (Phi) is 5.07. The van der Waals surface area contributed by atoms with Gasteiger partial charge in [0.25, 0.3) is 0 Å². The van der Waals surface area contributed by atoms with Crippen molar-refractivity contribution >= 4 is 0 Å². The first-order valence-electron chi connectivity index (χ1n) is 6.91. The molecule has 0 aliphatic rings. The summed E-state index contributed by atoms with van der Waals surface area (Å²) in [5.41, 5.74) is 2.36. The third-order valence-electron chi connectivity index (χ3n) is 3.23. The smallest absolute Gasteiger partial charge is 0.149 e. The lowest BCUT2D eigenvalue weighted by Gasteiger charge is -2.20. The van der Waals surface area contributed by atoms with Gasteiger partial charge in [-0.3, -0.25) is 0 Å². The van der Waals surface area contributed by atoms with Crippen LogP contribution in [0.1, 0.15) is 36.3 Å². The number of aryl methyl sites for hydroxylation is 1. The van der Waals surface area contributed by atoms with Gasteiger partial charge < -0.3 is 10.1 Å². The van der Waals surface area contributed by atoms with E-state index < -0.39 is 0 Å². The molecule has 1 aromatic carbocycles. The van der Waals surface area contributed by atoms with Crippen LogP contribution < -0.4 is 10.1 Å². The standard InChI is InChI=1S/C16H21N3O/c1-4-8-17-15(16-18-9-5-10-19-16)14-7-6-13(20-3)11-12(14)2/h5-7,9-11,15,17H,4,8H2,1-3H3. The predicted octanol–water partition coefficient (Wildman–Crippen LogP) is 2.88. The lowest BCUT2D eigenvalue weighted by Crippen LogP contribution is -2.25. The maximum Gasteiger partial charge on any atom is 0.149 e. The van der Waals surface area contributed by atoms with Crippen LogP contribution in [0.3, 0.4) is 0 Å². The molecule has 0 saturated carbocycles. The second-order valence-electron chi connectivity index (χ2n) is 4.72. The number of ether oxygens (including phenoxy) is 1. The van der Waals surface area contributed by atoms with Gasteiger partial charge in [0.15, 0.2) is 0 Å². The van der Waals surface area contributed by atoms with Crippen molar-refractivity contribution in [3.05, 3.63) is 53.6 Å². The van der Waals surface area contributed by atoms with Crippen molar-refractivity contribution in [3.8, 4) is 5.75 Å². The van der Waals surface area contributed by atoms with E-state index in [0.29, 0.717) is 0 Å². The second kappa shape index (κ2) is 7.01. The van der Waals surface area contributed by atoms with Crippen molar-refractivity contribution in [2.75, 3.05) is 13.7 Å². The van der Waals surface area contributed by atoms with Gasteiger partial charge in [0.1, 0.15) is 11.6 Å². The first-order valence-corrected chi connectivity index (χ1v) is 6.91. The number of nitrogens with zero attached hydrogens (tertiary/aromatic N) is 2. The molecule has 1 heterocycles. The molecule has 4 nitrogen and oxygen atoms in total. The van der Waals surface area contributed by atoms with Crippen LogP contribution >= 0.6 is 0 Å². The molecule has 0 spiro atoms. The van der Waals surface area contributed by atoms with Crippen LogP contribution in [0.5, 0.6) is 5.75 Å². The van der Waals surface area contributed by atoms with Gasteiger partial charge in [-0.25, -0.2) is 9.97 Å². The Labute approximate surface area is 120 Å². The zero-order valence-corrected chi connectivity index (χ0v) is 12.3. The first-order chi connectivity index (χ1) is 9.76. The maximum atomic E-state index is 5.26. The number of hydrogen-bond acceptors (Lipinski definition) is 4. The lowest BCUT2D eigenvalue weighted by atomic mass is 10.00. The van der Waals surface area contributed by atoms with Gasteiger partial charge in [-0.05, 0) is 49.2 Å². The van der Waals surface area contributed by atoms with Crippen molar-refractivity contribution in [1.29, 1.82) is 0 Å². The summed E-state index contributed by atoms with van der Waals surface area (Å²) in [5, 5.41) is 3.51. The van der Waals surface area contributed by atoms with Gasteiger partial charge >= 0.3 is 0 Å². The Morgan fingerprint density at radius 2 is 2.00 bits per heavy atom. The molecule has 2 aromatic rings. The molecule has 1 atom stereocenters. The van der Waals surface area contributed by atoms with Crippen LogP contribution in [0, 0.1) is 6.92 Å². The van der Waals surface area contributed by atoms with Crippen molar-refractivity contribution in [2.45, 2.75) is 26.3 Å². The number of rotatable bonds is 6. The lowest BCUT2D eigenvalue weighted by molar-refractivity contribution is 0.414. The fourth-order valence-corrected chi connectivity index (χ4v) is 2.19. The fourth-order valence-electron chi connectivity index (χ4n) is 2.19. The Morgan fingerprint density at radius 1 is 1.25 bits per heavy atom. The van der Waals surface area contributed by atoms with Gasteiger partial charge in [0.05, 0.1) is 13.2 Å². The van der Waals surface area contributed by atoms with Crippen LogP contribution in [0.15, 0.2) is 36.7 Å². The highest BCUT2D eigenvalue weighted by Crippen LogP contribution is 2.25. The summed E-state index contributed by atoms with van der Waals surface area (Å²) in [5.74, 6) is 1.67. The number of hydrogen-bond donors (Lipinski definition) is 1. The largest absolute Gasteiger partial charge is 0.497 e. The van der Waals surface area contributed by atoms with Gasteiger partial charge in [-0.2, -0.15) is 0 Å². The van der Waals surface area contributed by atoms with E-state index in [9.17, 15) is 0 Å². The van der Waals surface area contributed by atoms with Crippen LogP contribution in [0.2, 0.25) is 0 Å². The van der Waals surface area contributed by atoms with E-state index in [1.807, 2.05) is 18.2 Å². The topological polar surface area (TPSA) is 47.0 Å². The molecule has 20 heavy (non-hydrogen) atoms. The van der Waals surface area contributed by atoms with E-state index in [0.717, 1.165) is 24.5 Å². The van der Waals surface area contributed by atoms with Crippen LogP contribution in [0.4, 0.5) is 0 Å². The molecule has 0 aliphatic heterocycles. The zero-order valence-electron chi connectivity index (χ0n) is 12.3. The molecule has 4 heteroatoms. The monoisotopic (exact) mass is 271 g/mol. The molecule has 106 valence electrons. The third kappa shape index (κ3) is 3.33. The number of nitrogens with one attached hydrogen (secondary N) is 1. The molecule has 0 bridgehead atoms. The molecule has 1 aromatic heterocycles. The van der Waals surface area contributed by atoms with Gasteiger partial charge in [-0.1, -0.05) is 13.0 Å². The molecule has 2 rings (SSSR count). The molecule has 1 N–H and O–H groups in total. The number of methoxy groups -OCH3 is 1. The fraction of sp³-hybridized carbons (Fsp3) is 0.375. The summed E-state index contributed by atoms with van der Waals surface area (Å²) in [6.07, 6.45) is 4.63. The average molecular weight is 271 g/mol. The highest BCUT2D eigenvalue weighted by Gasteiger charge is 2.18. The predicted molar refractivity (Wildman–Crippen MR) is 79.9 cm³/mol. The highest BCUT2D eigenvalue weighted by molar-refractivity contribution is 5.38. The molecular formula is C16H21N3O. The summed E-state index contributed by atoms with van der Waals surface area (Å²) >= 11 is 0. The SMILES string of the molecule is CCCNC(c1ncccn1)c1ccc(OC)cc1C. The molecule has 0 saturated heterocycles. The highest BCUT2D eigenvalue weighted by atomic mass is 16.5. The van der Waals surface area contributed by atoms with Crippen LogP contribution in [-0.4, -0.2) is 23.6 Å². The molecule has 0 aliphatic carbocycles. The van der Waals surface area contributed by atoms with Crippen LogP contribution in [-0.2, 0) is 0 Å². The Hall–Kier alpha value is -1.94. The van der Waals surface area contributed by atoms with Gasteiger partial charge in [0.2, 0.25) is 0 Å². The summed E-state index contributed by atoms with van der Waals surface area (Å²) in [4.78, 5) is 8.77. The molecule has 0 radical (unpaired) electrons. The zero-order chi connectivity index (χ0) is 14.4. The van der Waals surface area contributed by atoms with Crippen LogP contribution in [0.25, 0.3) is 0 Å². The first kappa shape index (κ1) is 14.5.